The highest BCUT2D eigenvalue weighted by Crippen LogP contribution is 2.42. The molecule has 0 radical (unpaired) electrons. The Kier molecular flexibility index (Phi) is 7.46. The summed E-state index contributed by atoms with van der Waals surface area (Å²) >= 11 is 0. The van der Waals surface area contributed by atoms with Gasteiger partial charge < -0.3 is 19.9 Å². The van der Waals surface area contributed by atoms with E-state index >= 15 is 0 Å². The second-order valence-electron chi connectivity index (χ2n) is 14.5. The van der Waals surface area contributed by atoms with Crippen molar-refractivity contribution in [3.05, 3.63) is 226 Å². The van der Waals surface area contributed by atoms with Gasteiger partial charge in [0.15, 0.2) is 0 Å². The maximum atomic E-state index is 4.10. The minimum Gasteiger partial charge on any atom is -0.355 e. The highest BCUT2D eigenvalue weighted by molar-refractivity contribution is 6.08. The molecule has 10 aromatic rings. The van der Waals surface area contributed by atoms with Gasteiger partial charge in [-0.2, -0.15) is 0 Å². The third-order valence-electron chi connectivity index (χ3n) is 11.0. The Bertz CT molecular complexity index is 3330. The first-order valence-electron chi connectivity index (χ1n) is 19.1. The van der Waals surface area contributed by atoms with Crippen molar-refractivity contribution in [1.82, 2.24) is 19.9 Å². The van der Waals surface area contributed by atoms with E-state index in [2.05, 4.69) is 214 Å². The fourth-order valence-corrected chi connectivity index (χ4v) is 8.58. The predicted molar refractivity (Wildman–Crippen MR) is 232 cm³/mol. The molecule has 0 amide bonds. The second-order valence-corrected chi connectivity index (χ2v) is 14.5. The SMILES string of the molecule is C1=c2cc(-c3ccccc3)c([nH]2)=C(c2ccccc2)c2[nH]c(c(-c3ccccc3)c2-c2ccccc2)C=c2[nH]c(c3c2ccc2ccccc23)=Cc2ccc1[nH]2. The number of benzene rings is 6. The lowest BCUT2D eigenvalue weighted by molar-refractivity contribution is 1.22. The Labute approximate surface area is 323 Å². The van der Waals surface area contributed by atoms with E-state index in [1.165, 1.54) is 21.5 Å². The van der Waals surface area contributed by atoms with Crippen LogP contribution in [0.3, 0.4) is 0 Å². The van der Waals surface area contributed by atoms with Gasteiger partial charge in [0.1, 0.15) is 0 Å². The fourth-order valence-electron chi connectivity index (χ4n) is 8.58. The molecular formula is C52H36N4. The molecule has 1 aliphatic heterocycles. The van der Waals surface area contributed by atoms with Crippen LogP contribution in [0.1, 0.15) is 28.3 Å². The summed E-state index contributed by atoms with van der Waals surface area (Å²) < 4.78 is 0. The standard InChI is InChI=1S/C52H36N4/c1-5-15-33(16-6-1)43-30-40-29-38-26-27-39(53-38)31-45-50-41-24-14-13-17-34(41)25-28-42(50)44(55-45)32-46-47(35-18-7-2-8-19-35)48(36-20-9-3-10-21-36)52(56-46)49(51(43)54-40)37-22-11-4-12-23-37/h1-32,53-56H. The molecule has 4 N–H and O–H groups in total. The van der Waals surface area contributed by atoms with E-state index in [1.54, 1.807) is 0 Å². The molecule has 0 saturated carbocycles. The van der Waals surface area contributed by atoms with E-state index in [1.807, 2.05) is 0 Å². The molecule has 0 saturated heterocycles. The number of hydrogen-bond donors (Lipinski definition) is 4. The van der Waals surface area contributed by atoms with Crippen molar-refractivity contribution in [2.45, 2.75) is 0 Å². The van der Waals surface area contributed by atoms with Crippen LogP contribution in [0, 0.1) is 0 Å². The minimum absolute atomic E-state index is 1.01. The Morgan fingerprint density at radius 3 is 1.70 bits per heavy atom. The van der Waals surface area contributed by atoms with Crippen LogP contribution in [0.4, 0.5) is 0 Å². The molecule has 0 aliphatic carbocycles. The molecule has 56 heavy (non-hydrogen) atoms. The molecule has 0 fully saturated rings. The van der Waals surface area contributed by atoms with Crippen LogP contribution in [-0.4, -0.2) is 19.9 Å². The normalized spacial score (nSPS) is 12.3. The molecule has 4 aromatic heterocycles. The molecule has 4 nitrogen and oxygen atoms in total. The third kappa shape index (κ3) is 5.39. The minimum atomic E-state index is 1.01. The lowest BCUT2D eigenvalue weighted by Gasteiger charge is -2.13. The van der Waals surface area contributed by atoms with Gasteiger partial charge >= 0.3 is 0 Å². The van der Waals surface area contributed by atoms with E-state index in [-0.39, 0.29) is 0 Å². The first-order chi connectivity index (χ1) is 27.7. The van der Waals surface area contributed by atoms with Gasteiger partial charge in [-0.1, -0.05) is 158 Å². The van der Waals surface area contributed by atoms with Crippen molar-refractivity contribution in [3.63, 3.8) is 0 Å². The van der Waals surface area contributed by atoms with Gasteiger partial charge in [-0.05, 0) is 69.5 Å². The summed E-state index contributed by atoms with van der Waals surface area (Å²) in [5.74, 6) is 0. The maximum absolute atomic E-state index is 4.10. The van der Waals surface area contributed by atoms with Crippen molar-refractivity contribution in [3.8, 4) is 33.4 Å². The summed E-state index contributed by atoms with van der Waals surface area (Å²) in [6.45, 7) is 0. The third-order valence-corrected chi connectivity index (χ3v) is 11.0. The number of rotatable bonds is 4. The largest absolute Gasteiger partial charge is 0.355 e. The first-order valence-corrected chi connectivity index (χ1v) is 19.1. The Balaban J connectivity index is 1.38. The van der Waals surface area contributed by atoms with Gasteiger partial charge in [-0.3, -0.25) is 0 Å². The fraction of sp³-hybridized carbons (Fsp3) is 0. The van der Waals surface area contributed by atoms with E-state index in [0.29, 0.717) is 0 Å². The molecule has 6 aromatic carbocycles. The summed E-state index contributed by atoms with van der Waals surface area (Å²) in [6.07, 6.45) is 6.75. The van der Waals surface area contributed by atoms with Crippen molar-refractivity contribution >= 4 is 45.3 Å². The summed E-state index contributed by atoms with van der Waals surface area (Å²) in [5.41, 5.74) is 13.2. The number of aromatic nitrogens is 4. The van der Waals surface area contributed by atoms with E-state index < -0.39 is 0 Å². The van der Waals surface area contributed by atoms with E-state index in [4.69, 9.17) is 0 Å². The van der Waals surface area contributed by atoms with E-state index in [0.717, 1.165) is 88.7 Å². The summed E-state index contributed by atoms with van der Waals surface area (Å²) in [6, 6.07) is 62.8. The quantitative estimate of drug-likeness (QED) is 0.140. The highest BCUT2D eigenvalue weighted by Gasteiger charge is 2.25. The number of hydrogen-bond acceptors (Lipinski definition) is 0. The van der Waals surface area contributed by atoms with Crippen LogP contribution < -0.4 is 21.4 Å². The summed E-state index contributed by atoms with van der Waals surface area (Å²) in [5, 5.41) is 8.95. The summed E-state index contributed by atoms with van der Waals surface area (Å²) in [4.78, 5) is 15.6. The van der Waals surface area contributed by atoms with Gasteiger partial charge in [0.2, 0.25) is 0 Å². The van der Waals surface area contributed by atoms with Crippen LogP contribution >= 0.6 is 0 Å². The second kappa shape index (κ2) is 13.1. The molecule has 1 aliphatic rings. The molecule has 4 heteroatoms. The number of aromatic amines is 4. The molecule has 0 atom stereocenters. The van der Waals surface area contributed by atoms with Crippen molar-refractivity contribution in [2.24, 2.45) is 0 Å². The Morgan fingerprint density at radius 2 is 0.982 bits per heavy atom. The van der Waals surface area contributed by atoms with Crippen LogP contribution in [0.2, 0.25) is 0 Å². The van der Waals surface area contributed by atoms with E-state index in [9.17, 15) is 0 Å². The van der Waals surface area contributed by atoms with Gasteiger partial charge in [-0.15, -0.1) is 0 Å². The van der Waals surface area contributed by atoms with Gasteiger partial charge in [0, 0.05) is 66.2 Å². The lowest BCUT2D eigenvalue weighted by atomic mass is 9.90. The average Bonchev–Trinajstić information content (AvgIpc) is 4.05. The lowest BCUT2D eigenvalue weighted by Crippen LogP contribution is -2.17. The monoisotopic (exact) mass is 716 g/mol. The zero-order valence-electron chi connectivity index (χ0n) is 30.5. The molecule has 0 unspecified atom stereocenters. The Hall–Kier alpha value is -7.56. The molecule has 8 bridgehead atoms. The molecule has 0 spiro atoms. The van der Waals surface area contributed by atoms with Gasteiger partial charge in [0.05, 0.1) is 11.0 Å². The Morgan fingerprint density at radius 1 is 0.375 bits per heavy atom. The molecule has 5 heterocycles. The van der Waals surface area contributed by atoms with Crippen molar-refractivity contribution in [2.75, 3.05) is 0 Å². The van der Waals surface area contributed by atoms with Crippen molar-refractivity contribution < 1.29 is 0 Å². The van der Waals surface area contributed by atoms with Crippen LogP contribution in [0.5, 0.6) is 0 Å². The smallest absolute Gasteiger partial charge is 0.0572 e. The number of fused-ring (bicyclic) bond motifs is 13. The zero-order valence-corrected chi connectivity index (χ0v) is 30.5. The topological polar surface area (TPSA) is 63.2 Å². The average molecular weight is 717 g/mol. The molecular weight excluding hydrogens is 681 g/mol. The van der Waals surface area contributed by atoms with Crippen LogP contribution in [0.25, 0.3) is 78.7 Å². The van der Waals surface area contributed by atoms with Crippen LogP contribution in [0.15, 0.2) is 176 Å². The summed E-state index contributed by atoms with van der Waals surface area (Å²) in [7, 11) is 0. The zero-order chi connectivity index (χ0) is 37.0. The maximum Gasteiger partial charge on any atom is 0.0572 e. The number of nitrogens with one attached hydrogen (secondary N) is 4. The van der Waals surface area contributed by atoms with Gasteiger partial charge in [-0.25, -0.2) is 0 Å². The number of H-pyrrole nitrogens is 4. The van der Waals surface area contributed by atoms with Gasteiger partial charge in [0.25, 0.3) is 0 Å². The first kappa shape index (κ1) is 31.9. The molecule has 11 rings (SSSR count). The predicted octanol–water partition coefficient (Wildman–Crippen LogP) is 9.35. The van der Waals surface area contributed by atoms with Crippen LogP contribution in [-0.2, 0) is 0 Å². The molecule has 264 valence electrons. The van der Waals surface area contributed by atoms with Crippen molar-refractivity contribution in [1.29, 1.82) is 0 Å². The highest BCUT2D eigenvalue weighted by atomic mass is 14.8.